The van der Waals surface area contributed by atoms with Crippen LogP contribution in [-0.2, 0) is 0 Å². The van der Waals surface area contributed by atoms with Crippen LogP contribution in [0.15, 0.2) is 52.2 Å². The van der Waals surface area contributed by atoms with Crippen molar-refractivity contribution in [1.29, 1.82) is 0 Å². The number of aromatic nitrogens is 2. The zero-order valence-corrected chi connectivity index (χ0v) is 10.4. The minimum absolute atomic E-state index is 0.0329. The van der Waals surface area contributed by atoms with Crippen LogP contribution >= 0.6 is 11.6 Å². The molecule has 1 aromatic heterocycles. The summed E-state index contributed by atoms with van der Waals surface area (Å²) in [5.74, 6) is -0.323. The SMILES string of the molecule is O=C(/C=C(\Cl)c1c[nH]c(=O)[nH]c1=O)c1ccccc1. The number of carbonyl (C=O) groups is 1. The molecule has 0 spiro atoms. The highest BCUT2D eigenvalue weighted by Gasteiger charge is 2.08. The Hall–Kier alpha value is -2.40. The van der Waals surface area contributed by atoms with E-state index in [2.05, 4.69) is 4.98 Å². The molecule has 2 rings (SSSR count). The molecule has 96 valence electrons. The molecule has 1 aromatic carbocycles. The Bertz CT molecular complexity index is 744. The van der Waals surface area contributed by atoms with Crippen molar-refractivity contribution >= 4 is 22.4 Å². The van der Waals surface area contributed by atoms with Crippen LogP contribution < -0.4 is 11.2 Å². The van der Waals surface area contributed by atoms with Gasteiger partial charge in [-0.3, -0.25) is 14.6 Å². The van der Waals surface area contributed by atoms with Crippen molar-refractivity contribution in [3.8, 4) is 0 Å². The maximum Gasteiger partial charge on any atom is 0.325 e. The molecule has 0 saturated carbocycles. The van der Waals surface area contributed by atoms with E-state index in [-0.39, 0.29) is 16.4 Å². The number of aromatic amines is 2. The molecule has 5 nitrogen and oxygen atoms in total. The molecule has 0 radical (unpaired) electrons. The van der Waals surface area contributed by atoms with Gasteiger partial charge in [-0.15, -0.1) is 0 Å². The van der Waals surface area contributed by atoms with Gasteiger partial charge < -0.3 is 4.98 Å². The number of benzene rings is 1. The second-order valence-corrected chi connectivity index (χ2v) is 4.12. The van der Waals surface area contributed by atoms with Gasteiger partial charge in [0.2, 0.25) is 0 Å². The van der Waals surface area contributed by atoms with Gasteiger partial charge in [-0.2, -0.15) is 0 Å². The molecule has 0 bridgehead atoms. The van der Waals surface area contributed by atoms with Gasteiger partial charge in [0.15, 0.2) is 5.78 Å². The molecule has 0 unspecified atom stereocenters. The van der Waals surface area contributed by atoms with E-state index in [1.54, 1.807) is 30.3 Å². The van der Waals surface area contributed by atoms with Gasteiger partial charge >= 0.3 is 5.69 Å². The largest absolute Gasteiger partial charge is 0.325 e. The van der Waals surface area contributed by atoms with Gasteiger partial charge in [0.25, 0.3) is 5.56 Å². The Morgan fingerprint density at radius 1 is 1.16 bits per heavy atom. The lowest BCUT2D eigenvalue weighted by atomic mass is 10.1. The lowest BCUT2D eigenvalue weighted by Gasteiger charge is -1.98. The minimum atomic E-state index is -0.647. The summed E-state index contributed by atoms with van der Waals surface area (Å²) in [5.41, 5.74) is -0.787. The number of allylic oxidation sites excluding steroid dienone is 1. The maximum absolute atomic E-state index is 11.9. The Labute approximate surface area is 112 Å². The van der Waals surface area contributed by atoms with E-state index in [9.17, 15) is 14.4 Å². The fraction of sp³-hybridized carbons (Fsp3) is 0. The molecular weight excluding hydrogens is 268 g/mol. The van der Waals surface area contributed by atoms with E-state index < -0.39 is 11.2 Å². The molecule has 2 N–H and O–H groups in total. The van der Waals surface area contributed by atoms with E-state index in [1.165, 1.54) is 0 Å². The first-order valence-corrected chi connectivity index (χ1v) is 5.74. The number of hydrogen-bond donors (Lipinski definition) is 2. The van der Waals surface area contributed by atoms with Crippen LogP contribution in [0.5, 0.6) is 0 Å². The Kier molecular flexibility index (Phi) is 3.77. The third-order valence-corrected chi connectivity index (χ3v) is 2.71. The number of hydrogen-bond acceptors (Lipinski definition) is 3. The quantitative estimate of drug-likeness (QED) is 0.659. The van der Waals surface area contributed by atoms with Crippen LogP contribution in [0.25, 0.3) is 5.03 Å². The van der Waals surface area contributed by atoms with Crippen LogP contribution in [-0.4, -0.2) is 15.8 Å². The summed E-state index contributed by atoms with van der Waals surface area (Å²) in [6.07, 6.45) is 2.30. The first kappa shape index (κ1) is 13.0. The zero-order valence-electron chi connectivity index (χ0n) is 9.64. The van der Waals surface area contributed by atoms with Gasteiger partial charge in [-0.1, -0.05) is 41.9 Å². The van der Waals surface area contributed by atoms with Crippen LogP contribution in [0.3, 0.4) is 0 Å². The molecule has 0 saturated heterocycles. The summed E-state index contributed by atoms with van der Waals surface area (Å²) >= 11 is 5.91. The summed E-state index contributed by atoms with van der Waals surface area (Å²) < 4.78 is 0. The van der Waals surface area contributed by atoms with Crippen molar-refractivity contribution in [2.75, 3.05) is 0 Å². The molecule has 0 aliphatic heterocycles. The Morgan fingerprint density at radius 3 is 2.47 bits per heavy atom. The second kappa shape index (κ2) is 5.49. The molecular formula is C13H9ClN2O3. The highest BCUT2D eigenvalue weighted by atomic mass is 35.5. The lowest BCUT2D eigenvalue weighted by Crippen LogP contribution is -2.23. The van der Waals surface area contributed by atoms with Crippen LogP contribution in [0.2, 0.25) is 0 Å². The summed E-state index contributed by atoms with van der Waals surface area (Å²) in [5, 5.41) is -0.0358. The van der Waals surface area contributed by atoms with Gasteiger partial charge in [0.05, 0.1) is 10.6 Å². The Balaban J connectivity index is 2.36. The molecule has 6 heteroatoms. The number of ketones is 1. The fourth-order valence-corrected chi connectivity index (χ4v) is 1.71. The minimum Gasteiger partial charge on any atom is -0.313 e. The van der Waals surface area contributed by atoms with E-state index in [0.717, 1.165) is 12.3 Å². The van der Waals surface area contributed by atoms with Crippen molar-refractivity contribution in [2.45, 2.75) is 0 Å². The van der Waals surface area contributed by atoms with Crippen molar-refractivity contribution in [3.63, 3.8) is 0 Å². The average Bonchev–Trinajstić information content (AvgIpc) is 2.39. The maximum atomic E-state index is 11.9. The van der Waals surface area contributed by atoms with Crippen LogP contribution in [0, 0.1) is 0 Å². The van der Waals surface area contributed by atoms with Crippen molar-refractivity contribution in [3.05, 3.63) is 74.6 Å². The zero-order chi connectivity index (χ0) is 13.8. The predicted molar refractivity (Wildman–Crippen MR) is 72.3 cm³/mol. The van der Waals surface area contributed by atoms with Crippen molar-refractivity contribution in [2.24, 2.45) is 0 Å². The molecule has 0 atom stereocenters. The summed E-state index contributed by atoms with van der Waals surface area (Å²) in [4.78, 5) is 38.5. The first-order valence-electron chi connectivity index (χ1n) is 5.37. The first-order chi connectivity index (χ1) is 9.08. The molecule has 0 aliphatic rings. The van der Waals surface area contributed by atoms with E-state index in [1.807, 2.05) is 4.98 Å². The monoisotopic (exact) mass is 276 g/mol. The van der Waals surface area contributed by atoms with Crippen LogP contribution in [0.4, 0.5) is 0 Å². The van der Waals surface area contributed by atoms with Crippen molar-refractivity contribution in [1.82, 2.24) is 9.97 Å². The molecule has 0 amide bonds. The van der Waals surface area contributed by atoms with Gasteiger partial charge in [-0.05, 0) is 0 Å². The van der Waals surface area contributed by atoms with Gasteiger partial charge in [0.1, 0.15) is 0 Å². The number of carbonyl (C=O) groups excluding carboxylic acids is 1. The van der Waals surface area contributed by atoms with Gasteiger partial charge in [0, 0.05) is 17.8 Å². The number of rotatable bonds is 3. The average molecular weight is 277 g/mol. The number of H-pyrrole nitrogens is 2. The van der Waals surface area contributed by atoms with Crippen molar-refractivity contribution < 1.29 is 4.79 Å². The Morgan fingerprint density at radius 2 is 1.84 bits per heavy atom. The molecule has 0 aliphatic carbocycles. The molecule has 19 heavy (non-hydrogen) atoms. The van der Waals surface area contributed by atoms with E-state index >= 15 is 0 Å². The molecule has 2 aromatic rings. The standard InChI is InChI=1S/C13H9ClN2O3/c14-10(9-7-15-13(19)16-12(9)18)6-11(17)8-4-2-1-3-5-8/h1-7H,(H2,15,16,18,19)/b10-6-. The fourth-order valence-electron chi connectivity index (χ4n) is 1.47. The predicted octanol–water partition coefficient (Wildman–Crippen LogP) is 1.53. The third kappa shape index (κ3) is 3.08. The smallest absolute Gasteiger partial charge is 0.313 e. The third-order valence-electron chi connectivity index (χ3n) is 2.39. The molecule has 0 fully saturated rings. The summed E-state index contributed by atoms with van der Waals surface area (Å²) in [7, 11) is 0. The lowest BCUT2D eigenvalue weighted by molar-refractivity contribution is 0.104. The number of nitrogens with one attached hydrogen (secondary N) is 2. The van der Waals surface area contributed by atoms with E-state index in [4.69, 9.17) is 11.6 Å². The van der Waals surface area contributed by atoms with E-state index in [0.29, 0.717) is 5.56 Å². The second-order valence-electron chi connectivity index (χ2n) is 3.71. The van der Waals surface area contributed by atoms with Crippen LogP contribution in [0.1, 0.15) is 15.9 Å². The summed E-state index contributed by atoms with van der Waals surface area (Å²) in [6, 6.07) is 8.51. The van der Waals surface area contributed by atoms with Gasteiger partial charge in [-0.25, -0.2) is 4.79 Å². The highest BCUT2D eigenvalue weighted by Crippen LogP contribution is 2.15. The normalized spacial score (nSPS) is 11.3. The highest BCUT2D eigenvalue weighted by molar-refractivity contribution is 6.50. The summed E-state index contributed by atoms with van der Waals surface area (Å²) in [6.45, 7) is 0. The molecule has 1 heterocycles. The topological polar surface area (TPSA) is 82.8 Å². The number of halogens is 1.